The molecule has 0 heterocycles. The first kappa shape index (κ1) is 10.1. The van der Waals surface area contributed by atoms with E-state index in [2.05, 4.69) is 5.32 Å². The van der Waals surface area contributed by atoms with Crippen molar-refractivity contribution in [2.24, 2.45) is 0 Å². The monoisotopic (exact) mass is 187 g/mol. The third-order valence-corrected chi connectivity index (χ3v) is 1.71. The zero-order valence-electron chi connectivity index (χ0n) is 7.22. The lowest BCUT2D eigenvalue weighted by molar-refractivity contribution is 0.172. The molecule has 4 heteroatoms. The van der Waals surface area contributed by atoms with E-state index in [4.69, 9.17) is 0 Å². The van der Waals surface area contributed by atoms with E-state index >= 15 is 0 Å². The van der Waals surface area contributed by atoms with Gasteiger partial charge in [-0.25, -0.2) is 8.78 Å². The molecule has 13 heavy (non-hydrogen) atoms. The quantitative estimate of drug-likeness (QED) is 0.745. The predicted octanol–water partition coefficient (Wildman–Crippen LogP) is 1.22. The maximum atomic E-state index is 13.0. The van der Waals surface area contributed by atoms with Gasteiger partial charge in [-0.2, -0.15) is 0 Å². The minimum Gasteiger partial charge on any atom is -0.387 e. The molecular weight excluding hydrogens is 176 g/mol. The van der Waals surface area contributed by atoms with E-state index in [-0.39, 0.29) is 12.1 Å². The van der Waals surface area contributed by atoms with Crippen LogP contribution in [0.2, 0.25) is 0 Å². The summed E-state index contributed by atoms with van der Waals surface area (Å²) in [6, 6.07) is 3.02. The van der Waals surface area contributed by atoms with Crippen molar-refractivity contribution in [2.75, 3.05) is 13.6 Å². The Kier molecular flexibility index (Phi) is 3.33. The Labute approximate surface area is 75.2 Å². The van der Waals surface area contributed by atoms with Crippen LogP contribution in [-0.2, 0) is 0 Å². The highest BCUT2D eigenvalue weighted by Crippen LogP contribution is 2.17. The topological polar surface area (TPSA) is 32.3 Å². The van der Waals surface area contributed by atoms with Crippen molar-refractivity contribution in [3.63, 3.8) is 0 Å². The highest BCUT2D eigenvalue weighted by atomic mass is 19.1. The SMILES string of the molecule is CNCC(O)c1cc(F)ccc1F. The second kappa shape index (κ2) is 4.30. The summed E-state index contributed by atoms with van der Waals surface area (Å²) in [7, 11) is 1.63. The highest BCUT2D eigenvalue weighted by molar-refractivity contribution is 5.21. The minimum absolute atomic E-state index is 0.0191. The number of halogens is 2. The number of nitrogens with one attached hydrogen (secondary N) is 1. The number of hydrogen-bond donors (Lipinski definition) is 2. The fraction of sp³-hybridized carbons (Fsp3) is 0.333. The number of rotatable bonds is 3. The fourth-order valence-corrected chi connectivity index (χ4v) is 1.07. The van der Waals surface area contributed by atoms with Crippen LogP contribution in [0.15, 0.2) is 18.2 Å². The van der Waals surface area contributed by atoms with E-state index in [1.54, 1.807) is 7.05 Å². The maximum absolute atomic E-state index is 13.0. The molecule has 72 valence electrons. The predicted molar refractivity (Wildman–Crippen MR) is 45.2 cm³/mol. The zero-order chi connectivity index (χ0) is 9.84. The van der Waals surface area contributed by atoms with Gasteiger partial charge in [0.05, 0.1) is 6.10 Å². The van der Waals surface area contributed by atoms with Gasteiger partial charge in [0.15, 0.2) is 0 Å². The summed E-state index contributed by atoms with van der Waals surface area (Å²) in [6.07, 6.45) is -1.01. The normalized spacial score (nSPS) is 12.9. The van der Waals surface area contributed by atoms with Crippen LogP contribution in [0.1, 0.15) is 11.7 Å². The second-order valence-corrected chi connectivity index (χ2v) is 2.74. The average Bonchev–Trinajstić information content (AvgIpc) is 2.09. The lowest BCUT2D eigenvalue weighted by atomic mass is 10.1. The van der Waals surface area contributed by atoms with E-state index in [1.165, 1.54) is 0 Å². The Bertz CT molecular complexity index is 291. The smallest absolute Gasteiger partial charge is 0.129 e. The van der Waals surface area contributed by atoms with Gasteiger partial charge in [0.1, 0.15) is 11.6 Å². The first-order valence-corrected chi connectivity index (χ1v) is 3.92. The summed E-state index contributed by atoms with van der Waals surface area (Å²) < 4.78 is 25.6. The molecule has 0 aliphatic heterocycles. The number of benzene rings is 1. The molecular formula is C9H11F2NO. The van der Waals surface area contributed by atoms with Crippen LogP contribution in [0.5, 0.6) is 0 Å². The summed E-state index contributed by atoms with van der Waals surface area (Å²) in [6.45, 7) is 0.195. The van der Waals surface area contributed by atoms with E-state index in [0.29, 0.717) is 0 Å². The standard InChI is InChI=1S/C9H11F2NO/c1-12-5-9(13)7-4-6(10)2-3-8(7)11/h2-4,9,12-13H,5H2,1H3. The Morgan fingerprint density at radius 3 is 2.77 bits per heavy atom. The van der Waals surface area contributed by atoms with E-state index in [9.17, 15) is 13.9 Å². The molecule has 1 aromatic carbocycles. The van der Waals surface area contributed by atoms with Gasteiger partial charge in [0.25, 0.3) is 0 Å². The van der Waals surface area contributed by atoms with Gasteiger partial charge < -0.3 is 10.4 Å². The Hall–Kier alpha value is -1.00. The van der Waals surface area contributed by atoms with Gasteiger partial charge >= 0.3 is 0 Å². The second-order valence-electron chi connectivity index (χ2n) is 2.74. The molecule has 0 spiro atoms. The summed E-state index contributed by atoms with van der Waals surface area (Å²) in [5, 5.41) is 12.0. The van der Waals surface area contributed by atoms with Gasteiger partial charge in [-0.05, 0) is 25.2 Å². The number of likely N-dealkylation sites (N-methyl/N-ethyl adjacent to an activating group) is 1. The van der Waals surface area contributed by atoms with Crippen molar-refractivity contribution < 1.29 is 13.9 Å². The Balaban J connectivity index is 2.91. The first-order chi connectivity index (χ1) is 6.15. The molecule has 0 bridgehead atoms. The fourth-order valence-electron chi connectivity index (χ4n) is 1.07. The van der Waals surface area contributed by atoms with Crippen molar-refractivity contribution in [3.05, 3.63) is 35.4 Å². The first-order valence-electron chi connectivity index (χ1n) is 3.92. The molecule has 1 rings (SSSR count). The van der Waals surface area contributed by atoms with Crippen molar-refractivity contribution >= 4 is 0 Å². The van der Waals surface area contributed by atoms with Gasteiger partial charge in [-0.3, -0.25) is 0 Å². The minimum atomic E-state index is -1.01. The molecule has 0 amide bonds. The Morgan fingerprint density at radius 1 is 1.46 bits per heavy atom. The van der Waals surface area contributed by atoms with Gasteiger partial charge in [0.2, 0.25) is 0 Å². The molecule has 1 aromatic rings. The van der Waals surface area contributed by atoms with Crippen LogP contribution in [0.4, 0.5) is 8.78 Å². The molecule has 2 nitrogen and oxygen atoms in total. The number of hydrogen-bond acceptors (Lipinski definition) is 2. The van der Waals surface area contributed by atoms with Crippen LogP contribution in [0.3, 0.4) is 0 Å². The summed E-state index contributed by atoms with van der Waals surface area (Å²) in [4.78, 5) is 0. The van der Waals surface area contributed by atoms with Gasteiger partial charge in [0, 0.05) is 12.1 Å². The Morgan fingerprint density at radius 2 is 2.15 bits per heavy atom. The summed E-state index contributed by atoms with van der Waals surface area (Å²) in [5.74, 6) is -1.14. The van der Waals surface area contributed by atoms with Crippen LogP contribution in [0, 0.1) is 11.6 Å². The van der Waals surface area contributed by atoms with E-state index in [0.717, 1.165) is 18.2 Å². The van der Waals surface area contributed by atoms with Crippen molar-refractivity contribution in [3.8, 4) is 0 Å². The molecule has 0 aliphatic carbocycles. The van der Waals surface area contributed by atoms with E-state index in [1.807, 2.05) is 0 Å². The van der Waals surface area contributed by atoms with Crippen LogP contribution in [0.25, 0.3) is 0 Å². The van der Waals surface area contributed by atoms with Crippen LogP contribution in [-0.4, -0.2) is 18.7 Å². The lowest BCUT2D eigenvalue weighted by Crippen LogP contribution is -2.17. The summed E-state index contributed by atoms with van der Waals surface area (Å²) >= 11 is 0. The molecule has 0 aromatic heterocycles. The highest BCUT2D eigenvalue weighted by Gasteiger charge is 2.12. The zero-order valence-corrected chi connectivity index (χ0v) is 7.22. The van der Waals surface area contributed by atoms with Crippen LogP contribution >= 0.6 is 0 Å². The van der Waals surface area contributed by atoms with Crippen molar-refractivity contribution in [2.45, 2.75) is 6.10 Å². The van der Waals surface area contributed by atoms with E-state index < -0.39 is 17.7 Å². The largest absolute Gasteiger partial charge is 0.387 e. The maximum Gasteiger partial charge on any atom is 0.129 e. The van der Waals surface area contributed by atoms with Gasteiger partial charge in [-0.15, -0.1) is 0 Å². The molecule has 0 fully saturated rings. The molecule has 2 N–H and O–H groups in total. The number of aliphatic hydroxyl groups excluding tert-OH is 1. The van der Waals surface area contributed by atoms with Crippen molar-refractivity contribution in [1.29, 1.82) is 0 Å². The summed E-state index contributed by atoms with van der Waals surface area (Å²) in [5.41, 5.74) is -0.0191. The third kappa shape index (κ3) is 2.47. The molecule has 0 radical (unpaired) electrons. The van der Waals surface area contributed by atoms with Crippen molar-refractivity contribution in [1.82, 2.24) is 5.32 Å². The molecule has 0 saturated carbocycles. The molecule has 0 saturated heterocycles. The molecule has 1 unspecified atom stereocenters. The molecule has 0 aliphatic rings. The average molecular weight is 187 g/mol. The van der Waals surface area contributed by atoms with Gasteiger partial charge in [-0.1, -0.05) is 0 Å². The molecule has 1 atom stereocenters. The van der Waals surface area contributed by atoms with Crippen LogP contribution < -0.4 is 5.32 Å². The lowest BCUT2D eigenvalue weighted by Gasteiger charge is -2.10. The third-order valence-electron chi connectivity index (χ3n) is 1.71. The number of aliphatic hydroxyl groups is 1.